The van der Waals surface area contributed by atoms with E-state index in [0.29, 0.717) is 32.4 Å². The number of nitrogens with zero attached hydrogens (tertiary/aromatic N) is 1. The molecule has 1 rings (SSSR count). The first-order valence-electron chi connectivity index (χ1n) is 6.58. The first-order valence-corrected chi connectivity index (χ1v) is 6.58. The van der Waals surface area contributed by atoms with Crippen molar-refractivity contribution in [3.63, 3.8) is 0 Å². The molecule has 0 aliphatic carbocycles. The lowest BCUT2D eigenvalue weighted by molar-refractivity contribution is -0.143. The van der Waals surface area contributed by atoms with Crippen LogP contribution >= 0.6 is 0 Å². The smallest absolute Gasteiger partial charge is 0.305 e. The Hall–Kier alpha value is -1.86. The van der Waals surface area contributed by atoms with Crippen LogP contribution in [0.3, 0.4) is 0 Å². The second-order valence-electron chi connectivity index (χ2n) is 4.19. The van der Waals surface area contributed by atoms with Crippen LogP contribution < -0.4 is 5.32 Å². The predicted octanol–water partition coefficient (Wildman–Crippen LogP) is 2.57. The van der Waals surface area contributed by atoms with Crippen LogP contribution in [-0.2, 0) is 9.53 Å². The molecule has 0 heterocycles. The summed E-state index contributed by atoms with van der Waals surface area (Å²) in [5.74, 6) is -0.166. The zero-order chi connectivity index (χ0) is 13.9. The predicted molar refractivity (Wildman–Crippen MR) is 73.3 cm³/mol. The molecule has 0 bridgehead atoms. The normalized spacial score (nSPS) is 11.6. The second-order valence-corrected chi connectivity index (χ2v) is 4.19. The van der Waals surface area contributed by atoms with E-state index in [2.05, 4.69) is 11.4 Å². The average Bonchev–Trinajstić information content (AvgIpc) is 2.43. The number of ether oxygens (including phenoxy) is 1. The van der Waals surface area contributed by atoms with Crippen molar-refractivity contribution in [3.05, 3.63) is 35.9 Å². The minimum Gasteiger partial charge on any atom is -0.466 e. The fraction of sp³-hybridized carbons (Fsp3) is 0.467. The summed E-state index contributed by atoms with van der Waals surface area (Å²) in [7, 11) is 0. The molecule has 0 aromatic heterocycles. The molecule has 0 aliphatic rings. The maximum absolute atomic E-state index is 11.2. The third-order valence-corrected chi connectivity index (χ3v) is 2.75. The number of rotatable bonds is 8. The Balaban J connectivity index is 2.35. The monoisotopic (exact) mass is 260 g/mol. The third-order valence-electron chi connectivity index (χ3n) is 2.75. The Labute approximate surface area is 114 Å². The van der Waals surface area contributed by atoms with Crippen LogP contribution in [0.25, 0.3) is 0 Å². The number of nitriles is 1. The largest absolute Gasteiger partial charge is 0.466 e. The molecule has 0 amide bonds. The summed E-state index contributed by atoms with van der Waals surface area (Å²) < 4.78 is 4.86. The molecule has 0 fully saturated rings. The number of hydrogen-bond acceptors (Lipinski definition) is 4. The van der Waals surface area contributed by atoms with Gasteiger partial charge in [-0.25, -0.2) is 0 Å². The van der Waals surface area contributed by atoms with Gasteiger partial charge in [-0.05, 0) is 25.5 Å². The van der Waals surface area contributed by atoms with E-state index in [1.165, 1.54) is 0 Å². The molecule has 1 N–H and O–H groups in total. The number of carbonyl (C=O) groups excluding carboxylic acids is 1. The van der Waals surface area contributed by atoms with Gasteiger partial charge in [0.05, 0.1) is 19.1 Å². The topological polar surface area (TPSA) is 62.1 Å². The number of hydrogen-bond donors (Lipinski definition) is 1. The number of carbonyl (C=O) groups is 1. The van der Waals surface area contributed by atoms with E-state index >= 15 is 0 Å². The quantitative estimate of drug-likeness (QED) is 0.576. The third kappa shape index (κ3) is 6.03. The van der Waals surface area contributed by atoms with Gasteiger partial charge < -0.3 is 10.1 Å². The minimum atomic E-state index is -0.166. The van der Waals surface area contributed by atoms with Gasteiger partial charge in [0.15, 0.2) is 0 Å². The van der Waals surface area contributed by atoms with Gasteiger partial charge in [-0.1, -0.05) is 30.3 Å². The molecule has 0 spiro atoms. The van der Waals surface area contributed by atoms with Gasteiger partial charge in [0.2, 0.25) is 0 Å². The Bertz CT molecular complexity index is 412. The molecule has 1 aromatic rings. The highest BCUT2D eigenvalue weighted by Gasteiger charge is 2.10. The van der Waals surface area contributed by atoms with Crippen molar-refractivity contribution < 1.29 is 9.53 Å². The molecule has 0 aliphatic heterocycles. The summed E-state index contributed by atoms with van der Waals surface area (Å²) in [4.78, 5) is 11.2. The number of nitrogens with one attached hydrogen (secondary N) is 1. The van der Waals surface area contributed by atoms with Gasteiger partial charge >= 0.3 is 5.97 Å². The van der Waals surface area contributed by atoms with Crippen molar-refractivity contribution in [3.8, 4) is 6.07 Å². The van der Waals surface area contributed by atoms with Crippen molar-refractivity contribution in [2.24, 2.45) is 0 Å². The van der Waals surface area contributed by atoms with Crippen LogP contribution in [0.4, 0.5) is 0 Å². The van der Waals surface area contributed by atoms with Crippen LogP contribution in [0.15, 0.2) is 30.3 Å². The highest BCUT2D eigenvalue weighted by molar-refractivity contribution is 5.69. The Kier molecular flexibility index (Phi) is 7.30. The molecule has 0 saturated heterocycles. The van der Waals surface area contributed by atoms with E-state index in [1.54, 1.807) is 6.92 Å². The van der Waals surface area contributed by atoms with Crippen molar-refractivity contribution >= 4 is 5.97 Å². The second kappa shape index (κ2) is 9.12. The Morgan fingerprint density at radius 2 is 2.16 bits per heavy atom. The van der Waals surface area contributed by atoms with Crippen molar-refractivity contribution in [2.45, 2.75) is 32.2 Å². The lowest BCUT2D eigenvalue weighted by Gasteiger charge is -2.16. The Morgan fingerprint density at radius 1 is 1.42 bits per heavy atom. The highest BCUT2D eigenvalue weighted by atomic mass is 16.5. The molecular formula is C15H20N2O2. The minimum absolute atomic E-state index is 0.0217. The van der Waals surface area contributed by atoms with E-state index in [1.807, 2.05) is 30.3 Å². The lowest BCUT2D eigenvalue weighted by atomic mass is 10.0. The summed E-state index contributed by atoms with van der Waals surface area (Å²) in [6.45, 7) is 2.92. The first-order chi connectivity index (χ1) is 9.27. The van der Waals surface area contributed by atoms with E-state index in [0.717, 1.165) is 5.56 Å². The fourth-order valence-corrected chi connectivity index (χ4v) is 1.83. The van der Waals surface area contributed by atoms with E-state index < -0.39 is 0 Å². The number of benzene rings is 1. The Morgan fingerprint density at radius 3 is 2.79 bits per heavy atom. The SMILES string of the molecule is CCOC(=O)CCCNC(CC#N)c1ccccc1. The van der Waals surface area contributed by atoms with E-state index in [9.17, 15) is 4.79 Å². The van der Waals surface area contributed by atoms with E-state index in [-0.39, 0.29) is 12.0 Å². The average molecular weight is 260 g/mol. The maximum Gasteiger partial charge on any atom is 0.305 e. The standard InChI is InChI=1S/C15H20N2O2/c1-2-19-15(18)9-6-12-17-14(10-11-16)13-7-4-3-5-8-13/h3-5,7-8,14,17H,2,6,9-10,12H2,1H3. The summed E-state index contributed by atoms with van der Waals surface area (Å²) in [5.41, 5.74) is 1.10. The highest BCUT2D eigenvalue weighted by Crippen LogP contribution is 2.15. The summed E-state index contributed by atoms with van der Waals surface area (Å²) in [6, 6.07) is 12.1. The molecular weight excluding hydrogens is 240 g/mol. The fourth-order valence-electron chi connectivity index (χ4n) is 1.83. The van der Waals surface area contributed by atoms with Crippen molar-refractivity contribution in [1.82, 2.24) is 5.32 Å². The molecule has 1 atom stereocenters. The molecule has 102 valence electrons. The lowest BCUT2D eigenvalue weighted by Crippen LogP contribution is -2.23. The molecule has 0 saturated carbocycles. The van der Waals surface area contributed by atoms with Crippen LogP contribution in [0.1, 0.15) is 37.8 Å². The zero-order valence-electron chi connectivity index (χ0n) is 11.3. The maximum atomic E-state index is 11.2. The molecule has 19 heavy (non-hydrogen) atoms. The summed E-state index contributed by atoms with van der Waals surface area (Å²) in [6.07, 6.45) is 1.55. The molecule has 0 radical (unpaired) electrons. The van der Waals surface area contributed by atoms with Crippen LogP contribution in [0, 0.1) is 11.3 Å². The van der Waals surface area contributed by atoms with Gasteiger partial charge in [-0.2, -0.15) is 5.26 Å². The van der Waals surface area contributed by atoms with Gasteiger partial charge in [0.1, 0.15) is 0 Å². The van der Waals surface area contributed by atoms with E-state index in [4.69, 9.17) is 10.00 Å². The van der Waals surface area contributed by atoms with Crippen LogP contribution in [0.5, 0.6) is 0 Å². The zero-order valence-corrected chi connectivity index (χ0v) is 11.3. The van der Waals surface area contributed by atoms with Crippen molar-refractivity contribution in [1.29, 1.82) is 5.26 Å². The van der Waals surface area contributed by atoms with Crippen LogP contribution in [-0.4, -0.2) is 19.1 Å². The summed E-state index contributed by atoms with van der Waals surface area (Å²) in [5, 5.41) is 12.2. The molecule has 1 unspecified atom stereocenters. The molecule has 4 heteroatoms. The van der Waals surface area contributed by atoms with Gasteiger partial charge in [0.25, 0.3) is 0 Å². The van der Waals surface area contributed by atoms with Gasteiger partial charge in [-0.15, -0.1) is 0 Å². The van der Waals surface area contributed by atoms with Gasteiger partial charge in [0, 0.05) is 12.5 Å². The summed E-state index contributed by atoms with van der Waals surface area (Å²) >= 11 is 0. The van der Waals surface area contributed by atoms with Crippen molar-refractivity contribution in [2.75, 3.05) is 13.2 Å². The van der Waals surface area contributed by atoms with Gasteiger partial charge in [-0.3, -0.25) is 4.79 Å². The van der Waals surface area contributed by atoms with Crippen LogP contribution in [0.2, 0.25) is 0 Å². The number of esters is 1. The molecule has 1 aromatic carbocycles. The molecule has 4 nitrogen and oxygen atoms in total. The first kappa shape index (κ1) is 15.2.